The summed E-state index contributed by atoms with van der Waals surface area (Å²) in [7, 11) is 0. The molecule has 7 nitrogen and oxygen atoms in total. The zero-order chi connectivity index (χ0) is 23.8. The number of hydrogen-bond donors (Lipinski definition) is 2. The Balaban J connectivity index is 1.47. The van der Waals surface area contributed by atoms with Crippen LogP contribution >= 0.6 is 0 Å². The number of amides is 1. The second-order valence-electron chi connectivity index (χ2n) is 9.79. The van der Waals surface area contributed by atoms with E-state index in [1.165, 1.54) is 16.5 Å². The predicted octanol–water partition coefficient (Wildman–Crippen LogP) is 4.81. The van der Waals surface area contributed by atoms with Gasteiger partial charge in [0.2, 0.25) is 5.91 Å². The Morgan fingerprint density at radius 1 is 1.24 bits per heavy atom. The first kappa shape index (κ1) is 22.5. The minimum absolute atomic E-state index is 0.0105. The minimum Gasteiger partial charge on any atom is -0.465 e. The molecule has 1 aliphatic rings. The van der Waals surface area contributed by atoms with Crippen LogP contribution in [0.4, 0.5) is 0 Å². The topological polar surface area (TPSA) is 85.2 Å². The van der Waals surface area contributed by atoms with Gasteiger partial charge in [-0.15, -0.1) is 0 Å². The fourth-order valence-electron chi connectivity index (χ4n) is 5.04. The number of furan rings is 1. The maximum atomic E-state index is 13.3. The third-order valence-electron chi connectivity index (χ3n) is 6.48. The van der Waals surface area contributed by atoms with E-state index in [4.69, 9.17) is 8.94 Å². The van der Waals surface area contributed by atoms with E-state index in [-0.39, 0.29) is 18.0 Å². The zero-order valence-electron chi connectivity index (χ0n) is 20.2. The molecule has 0 spiro atoms. The van der Waals surface area contributed by atoms with Crippen LogP contribution in [0.3, 0.4) is 0 Å². The second kappa shape index (κ2) is 9.14. The predicted molar refractivity (Wildman–Crippen MR) is 130 cm³/mol. The Hall–Kier alpha value is -3.32. The lowest BCUT2D eigenvalue weighted by atomic mass is 9.94. The van der Waals surface area contributed by atoms with E-state index in [9.17, 15) is 4.79 Å². The van der Waals surface area contributed by atoms with Crippen LogP contribution in [0.15, 0.2) is 51.5 Å². The van der Waals surface area contributed by atoms with Gasteiger partial charge in [-0.1, -0.05) is 31.1 Å². The van der Waals surface area contributed by atoms with Crippen molar-refractivity contribution in [3.8, 4) is 0 Å². The average molecular weight is 461 g/mol. The van der Waals surface area contributed by atoms with E-state index in [2.05, 4.69) is 58.6 Å². The number of carbonyl (C=O) groups excluding carboxylic acids is 1. The molecule has 4 heterocycles. The number of rotatable bonds is 7. The quantitative estimate of drug-likeness (QED) is 0.414. The highest BCUT2D eigenvalue weighted by molar-refractivity contribution is 5.90. The molecule has 178 valence electrons. The Kier molecular flexibility index (Phi) is 6.04. The largest absolute Gasteiger partial charge is 0.465 e. The average Bonchev–Trinajstić information content (AvgIpc) is 3.47. The van der Waals surface area contributed by atoms with Gasteiger partial charge >= 0.3 is 0 Å². The number of hydrogen-bond acceptors (Lipinski definition) is 5. The van der Waals surface area contributed by atoms with Gasteiger partial charge < -0.3 is 18.8 Å². The lowest BCUT2D eigenvalue weighted by Crippen LogP contribution is -2.46. The van der Waals surface area contributed by atoms with E-state index in [1.54, 1.807) is 0 Å². The molecule has 3 aromatic heterocycles. The van der Waals surface area contributed by atoms with E-state index < -0.39 is 0 Å². The molecular weight excluding hydrogens is 428 g/mol. The van der Waals surface area contributed by atoms with Gasteiger partial charge in [-0.25, -0.2) is 0 Å². The molecule has 34 heavy (non-hydrogen) atoms. The molecule has 1 aromatic carbocycles. The molecule has 0 saturated carbocycles. The van der Waals surface area contributed by atoms with Crippen molar-refractivity contribution in [1.29, 1.82) is 0 Å². The summed E-state index contributed by atoms with van der Waals surface area (Å²) in [6.45, 7) is 9.27. The van der Waals surface area contributed by atoms with Crippen LogP contribution in [0.1, 0.15) is 60.4 Å². The fraction of sp³-hybridized carbons (Fsp3) is 0.407. The lowest BCUT2D eigenvalue weighted by molar-refractivity contribution is -0.123. The molecule has 4 aromatic rings. The summed E-state index contributed by atoms with van der Waals surface area (Å²) in [5.74, 6) is 2.89. The number of aromatic nitrogens is 2. The van der Waals surface area contributed by atoms with E-state index in [0.717, 1.165) is 34.9 Å². The molecule has 1 aliphatic heterocycles. The van der Waals surface area contributed by atoms with Crippen molar-refractivity contribution < 1.29 is 13.7 Å². The van der Waals surface area contributed by atoms with Gasteiger partial charge in [0.15, 0.2) is 0 Å². The molecule has 0 bridgehead atoms. The zero-order valence-corrected chi connectivity index (χ0v) is 20.2. The standard InChI is InChI=1S/C27H32N4O3/c1-16(2)10-23-22-6-5-7-25-26(22)19(14-31(25)15-20-11-18(4)34-30-20)12-24(29-23)27(32)28-13-21-9-8-17(3)33-21/h5-9,11,14,16,23-24,29H,10,12-13,15H2,1-4H3,(H,28,32)/t23-,24-/m0/s1. The Labute approximate surface area is 199 Å². The number of nitrogens with zero attached hydrogens (tertiary/aromatic N) is 2. The van der Waals surface area contributed by atoms with Crippen LogP contribution in [-0.2, 0) is 24.3 Å². The Morgan fingerprint density at radius 3 is 2.79 bits per heavy atom. The number of benzene rings is 1. The molecule has 0 aliphatic carbocycles. The maximum absolute atomic E-state index is 13.3. The molecule has 0 fully saturated rings. The SMILES string of the molecule is Cc1cc(Cn2cc3c4c(cccc42)[C@H](CC(C)C)N[C@H](C(=O)NCc2ccc(C)o2)C3)no1. The van der Waals surface area contributed by atoms with Gasteiger partial charge in [0.05, 0.1) is 19.1 Å². The van der Waals surface area contributed by atoms with Crippen LogP contribution in [0, 0.1) is 19.8 Å². The lowest BCUT2D eigenvalue weighted by Gasteiger charge is -2.25. The van der Waals surface area contributed by atoms with Crippen molar-refractivity contribution in [2.75, 3.05) is 0 Å². The van der Waals surface area contributed by atoms with Gasteiger partial charge in [0.1, 0.15) is 23.0 Å². The van der Waals surface area contributed by atoms with Crippen molar-refractivity contribution >= 4 is 16.8 Å². The van der Waals surface area contributed by atoms with Crippen molar-refractivity contribution in [3.05, 3.63) is 76.7 Å². The maximum Gasteiger partial charge on any atom is 0.237 e. The normalized spacial score (nSPS) is 17.9. The van der Waals surface area contributed by atoms with Crippen molar-refractivity contribution in [3.63, 3.8) is 0 Å². The van der Waals surface area contributed by atoms with Gasteiger partial charge in [-0.2, -0.15) is 0 Å². The highest BCUT2D eigenvalue weighted by Gasteiger charge is 2.31. The monoisotopic (exact) mass is 460 g/mol. The van der Waals surface area contributed by atoms with Crippen molar-refractivity contribution in [2.24, 2.45) is 5.92 Å². The number of carbonyl (C=O) groups is 1. The third kappa shape index (κ3) is 4.53. The number of nitrogens with one attached hydrogen (secondary N) is 2. The van der Waals surface area contributed by atoms with Crippen molar-refractivity contribution in [2.45, 2.75) is 65.7 Å². The molecule has 2 atom stereocenters. The molecular formula is C27H32N4O3. The third-order valence-corrected chi connectivity index (χ3v) is 6.48. The molecule has 1 amide bonds. The van der Waals surface area contributed by atoms with Crippen LogP contribution in [0.25, 0.3) is 10.9 Å². The van der Waals surface area contributed by atoms with Crippen LogP contribution in [-0.4, -0.2) is 21.7 Å². The smallest absolute Gasteiger partial charge is 0.237 e. The highest BCUT2D eigenvalue weighted by Crippen LogP contribution is 2.36. The summed E-state index contributed by atoms with van der Waals surface area (Å²) >= 11 is 0. The number of aryl methyl sites for hydroxylation is 2. The van der Waals surface area contributed by atoms with Gasteiger partial charge in [0.25, 0.3) is 0 Å². The molecule has 2 N–H and O–H groups in total. The first-order valence-corrected chi connectivity index (χ1v) is 12.0. The summed E-state index contributed by atoms with van der Waals surface area (Å²) < 4.78 is 13.1. The van der Waals surface area contributed by atoms with Crippen molar-refractivity contribution in [1.82, 2.24) is 20.4 Å². The van der Waals surface area contributed by atoms with Crippen LogP contribution in [0.2, 0.25) is 0 Å². The summed E-state index contributed by atoms with van der Waals surface area (Å²) in [6.07, 6.45) is 3.75. The summed E-state index contributed by atoms with van der Waals surface area (Å²) in [4.78, 5) is 13.3. The molecule has 0 unspecified atom stereocenters. The second-order valence-corrected chi connectivity index (χ2v) is 9.79. The van der Waals surface area contributed by atoms with Crippen LogP contribution < -0.4 is 10.6 Å². The van der Waals surface area contributed by atoms with E-state index in [1.807, 2.05) is 32.0 Å². The molecule has 0 radical (unpaired) electrons. The van der Waals surface area contributed by atoms with Crippen LogP contribution in [0.5, 0.6) is 0 Å². The molecule has 5 rings (SSSR count). The van der Waals surface area contributed by atoms with E-state index >= 15 is 0 Å². The highest BCUT2D eigenvalue weighted by atomic mass is 16.5. The molecule has 0 saturated heterocycles. The molecule has 7 heteroatoms. The summed E-state index contributed by atoms with van der Waals surface area (Å²) in [5, 5.41) is 12.2. The van der Waals surface area contributed by atoms with Gasteiger partial charge in [-0.05, 0) is 61.9 Å². The minimum atomic E-state index is -0.333. The van der Waals surface area contributed by atoms with Gasteiger partial charge in [-0.3, -0.25) is 10.1 Å². The summed E-state index contributed by atoms with van der Waals surface area (Å²) in [5.41, 5.74) is 4.49. The Morgan fingerprint density at radius 2 is 2.09 bits per heavy atom. The first-order valence-electron chi connectivity index (χ1n) is 12.0. The fourth-order valence-corrected chi connectivity index (χ4v) is 5.04. The van der Waals surface area contributed by atoms with Gasteiger partial charge in [0, 0.05) is 29.2 Å². The Bertz CT molecular complexity index is 1310. The first-order chi connectivity index (χ1) is 16.4. The van der Waals surface area contributed by atoms with E-state index in [0.29, 0.717) is 25.4 Å². The summed E-state index contributed by atoms with van der Waals surface area (Å²) in [6, 6.07) is 12.0.